The van der Waals surface area contributed by atoms with Crippen LogP contribution in [0.15, 0.2) is 12.7 Å². The quantitative estimate of drug-likeness (QED) is 0.568. The van der Waals surface area contributed by atoms with Gasteiger partial charge in [0.15, 0.2) is 0 Å². The van der Waals surface area contributed by atoms with Gasteiger partial charge < -0.3 is 0 Å². The summed E-state index contributed by atoms with van der Waals surface area (Å²) in [7, 11) is 0. The summed E-state index contributed by atoms with van der Waals surface area (Å²) >= 11 is 0. The van der Waals surface area contributed by atoms with Crippen LogP contribution in [0.5, 0.6) is 0 Å². The lowest BCUT2D eigenvalue weighted by Gasteiger charge is -2.43. The van der Waals surface area contributed by atoms with E-state index in [0.29, 0.717) is 0 Å². The van der Waals surface area contributed by atoms with Crippen molar-refractivity contribution in [1.82, 2.24) is 0 Å². The van der Waals surface area contributed by atoms with E-state index in [0.717, 1.165) is 29.6 Å². The Hall–Kier alpha value is -0.260. The highest BCUT2D eigenvalue weighted by Crippen LogP contribution is 2.47. The summed E-state index contributed by atoms with van der Waals surface area (Å²) in [5, 5.41) is 0. The second kappa shape index (κ2) is 6.07. The lowest BCUT2D eigenvalue weighted by molar-refractivity contribution is 0.0828. The zero-order valence-electron chi connectivity index (χ0n) is 11.8. The van der Waals surface area contributed by atoms with Crippen LogP contribution in [0.2, 0.25) is 0 Å². The monoisotopic (exact) mass is 234 g/mol. The maximum atomic E-state index is 3.99. The molecule has 4 atom stereocenters. The third kappa shape index (κ3) is 2.95. The van der Waals surface area contributed by atoms with Gasteiger partial charge in [0.1, 0.15) is 0 Å². The molecule has 0 aromatic carbocycles. The third-order valence-corrected chi connectivity index (χ3v) is 5.74. The molecular weight excluding hydrogens is 204 g/mol. The Bertz CT molecular complexity index is 238. The molecule has 2 rings (SSSR count). The number of allylic oxidation sites excluding steroid dienone is 1. The Balaban J connectivity index is 1.90. The van der Waals surface area contributed by atoms with Crippen LogP contribution < -0.4 is 0 Å². The molecule has 0 N–H and O–H groups in total. The van der Waals surface area contributed by atoms with Crippen LogP contribution in [-0.2, 0) is 0 Å². The molecule has 0 aliphatic heterocycles. The molecule has 2 fully saturated rings. The molecule has 0 saturated heterocycles. The molecule has 0 spiro atoms. The number of hydrogen-bond donors (Lipinski definition) is 0. The number of hydrogen-bond acceptors (Lipinski definition) is 0. The van der Waals surface area contributed by atoms with E-state index in [1.165, 1.54) is 44.9 Å². The van der Waals surface area contributed by atoms with Gasteiger partial charge in [-0.25, -0.2) is 0 Å². The molecule has 0 radical (unpaired) electrons. The van der Waals surface area contributed by atoms with Crippen molar-refractivity contribution in [3.05, 3.63) is 12.7 Å². The van der Waals surface area contributed by atoms with Gasteiger partial charge in [0.2, 0.25) is 0 Å². The minimum absolute atomic E-state index is 0.834. The maximum absolute atomic E-state index is 3.99. The molecule has 2 saturated carbocycles. The first kappa shape index (κ1) is 13.2. The number of rotatable bonds is 4. The van der Waals surface area contributed by atoms with Crippen molar-refractivity contribution < 1.29 is 0 Å². The summed E-state index contributed by atoms with van der Waals surface area (Å²) in [5.41, 5.74) is 0. The average molecular weight is 234 g/mol. The summed E-state index contributed by atoms with van der Waals surface area (Å²) in [6.45, 7) is 8.76. The van der Waals surface area contributed by atoms with Gasteiger partial charge in [0, 0.05) is 0 Å². The Morgan fingerprint density at radius 2 is 1.65 bits per heavy atom. The lowest BCUT2D eigenvalue weighted by atomic mass is 9.62. The molecule has 17 heavy (non-hydrogen) atoms. The normalized spacial score (nSPS) is 37.8. The Kier molecular flexibility index (Phi) is 4.70. The largest absolute Gasteiger partial charge is 0.103 e. The standard InChI is InChI=1S/C17H30/c1-4-13-7-8-17-12-16(14(5-2)6-3)10-9-15(17)11-13/h4,13-17H,1,5-12H2,2-3H3. The summed E-state index contributed by atoms with van der Waals surface area (Å²) in [4.78, 5) is 0. The Morgan fingerprint density at radius 1 is 1.00 bits per heavy atom. The zero-order chi connectivity index (χ0) is 12.3. The summed E-state index contributed by atoms with van der Waals surface area (Å²) in [6.07, 6.45) is 13.9. The van der Waals surface area contributed by atoms with Gasteiger partial charge in [0.05, 0.1) is 0 Å². The van der Waals surface area contributed by atoms with E-state index in [-0.39, 0.29) is 0 Å². The van der Waals surface area contributed by atoms with Crippen molar-refractivity contribution in [1.29, 1.82) is 0 Å². The van der Waals surface area contributed by atoms with Gasteiger partial charge in [-0.05, 0) is 68.1 Å². The van der Waals surface area contributed by atoms with Crippen molar-refractivity contribution in [3.63, 3.8) is 0 Å². The fraction of sp³-hybridized carbons (Fsp3) is 0.882. The minimum Gasteiger partial charge on any atom is -0.103 e. The minimum atomic E-state index is 0.834. The van der Waals surface area contributed by atoms with Crippen molar-refractivity contribution in [2.45, 2.75) is 65.2 Å². The molecular formula is C17H30. The smallest absolute Gasteiger partial charge is 0.0233 e. The van der Waals surface area contributed by atoms with Gasteiger partial charge >= 0.3 is 0 Å². The van der Waals surface area contributed by atoms with Gasteiger partial charge in [-0.1, -0.05) is 32.8 Å². The summed E-state index contributed by atoms with van der Waals surface area (Å²) in [6, 6.07) is 0. The first-order valence-corrected chi connectivity index (χ1v) is 7.90. The van der Waals surface area contributed by atoms with E-state index in [1.807, 2.05) is 0 Å². The van der Waals surface area contributed by atoms with E-state index < -0.39 is 0 Å². The summed E-state index contributed by atoms with van der Waals surface area (Å²) in [5.74, 6) is 4.99. The van der Waals surface area contributed by atoms with Crippen LogP contribution in [0.4, 0.5) is 0 Å². The molecule has 0 aromatic rings. The second-order valence-electron chi connectivity index (χ2n) is 6.48. The van der Waals surface area contributed by atoms with Crippen molar-refractivity contribution in [3.8, 4) is 0 Å². The number of fused-ring (bicyclic) bond motifs is 1. The molecule has 0 amide bonds. The van der Waals surface area contributed by atoms with Crippen LogP contribution in [-0.4, -0.2) is 0 Å². The highest BCUT2D eigenvalue weighted by Gasteiger charge is 2.36. The van der Waals surface area contributed by atoms with Gasteiger partial charge in [-0.2, -0.15) is 0 Å². The Labute approximate surface area is 108 Å². The van der Waals surface area contributed by atoms with Crippen molar-refractivity contribution in [2.75, 3.05) is 0 Å². The maximum Gasteiger partial charge on any atom is -0.0233 e. The van der Waals surface area contributed by atoms with Crippen LogP contribution in [0.1, 0.15) is 65.2 Å². The molecule has 0 heteroatoms. The molecule has 0 heterocycles. The molecule has 4 unspecified atom stereocenters. The molecule has 0 bridgehead atoms. The van der Waals surface area contributed by atoms with Crippen LogP contribution >= 0.6 is 0 Å². The van der Waals surface area contributed by atoms with E-state index in [1.54, 1.807) is 6.42 Å². The fourth-order valence-corrected chi connectivity index (χ4v) is 4.56. The van der Waals surface area contributed by atoms with E-state index in [4.69, 9.17) is 0 Å². The fourth-order valence-electron chi connectivity index (χ4n) is 4.56. The first-order chi connectivity index (χ1) is 8.28. The first-order valence-electron chi connectivity index (χ1n) is 7.90. The highest BCUT2D eigenvalue weighted by molar-refractivity contribution is 4.92. The average Bonchev–Trinajstić information content (AvgIpc) is 2.39. The highest BCUT2D eigenvalue weighted by atomic mass is 14.4. The second-order valence-corrected chi connectivity index (χ2v) is 6.48. The molecule has 0 nitrogen and oxygen atoms in total. The lowest BCUT2D eigenvalue weighted by Crippen LogP contribution is -2.33. The van der Waals surface area contributed by atoms with E-state index in [2.05, 4.69) is 26.5 Å². The van der Waals surface area contributed by atoms with Crippen LogP contribution in [0.25, 0.3) is 0 Å². The van der Waals surface area contributed by atoms with E-state index in [9.17, 15) is 0 Å². The molecule has 0 aromatic heterocycles. The zero-order valence-corrected chi connectivity index (χ0v) is 11.8. The molecule has 2 aliphatic rings. The topological polar surface area (TPSA) is 0 Å². The van der Waals surface area contributed by atoms with Gasteiger partial charge in [-0.15, -0.1) is 6.58 Å². The third-order valence-electron chi connectivity index (χ3n) is 5.74. The van der Waals surface area contributed by atoms with Gasteiger partial charge in [0.25, 0.3) is 0 Å². The summed E-state index contributed by atoms with van der Waals surface area (Å²) < 4.78 is 0. The SMILES string of the molecule is C=CC1CCC2CC(C(CC)CC)CCC2C1. The van der Waals surface area contributed by atoms with Gasteiger partial charge in [-0.3, -0.25) is 0 Å². The van der Waals surface area contributed by atoms with Crippen molar-refractivity contribution in [2.24, 2.45) is 29.6 Å². The van der Waals surface area contributed by atoms with Crippen LogP contribution in [0, 0.1) is 29.6 Å². The molecule has 2 aliphatic carbocycles. The Morgan fingerprint density at radius 3 is 2.29 bits per heavy atom. The predicted molar refractivity (Wildman–Crippen MR) is 75.9 cm³/mol. The van der Waals surface area contributed by atoms with Crippen LogP contribution in [0.3, 0.4) is 0 Å². The van der Waals surface area contributed by atoms with E-state index >= 15 is 0 Å². The van der Waals surface area contributed by atoms with Crippen molar-refractivity contribution >= 4 is 0 Å². The molecule has 98 valence electrons. The predicted octanol–water partition coefficient (Wildman–Crippen LogP) is 5.44.